The number of nitrogen functional groups attached to an aromatic ring is 1. The molecule has 0 aliphatic heterocycles. The molecule has 106 valence electrons. The predicted molar refractivity (Wildman–Crippen MR) is 71.0 cm³/mol. The van der Waals surface area contributed by atoms with E-state index in [1.165, 1.54) is 12.4 Å². The normalized spacial score (nSPS) is 11.7. The maximum atomic E-state index is 12.7. The van der Waals surface area contributed by atoms with Crippen LogP contribution in [0.1, 0.15) is 23.6 Å². The molecule has 0 amide bonds. The van der Waals surface area contributed by atoms with E-state index in [9.17, 15) is 13.2 Å². The molecule has 1 heterocycles. The van der Waals surface area contributed by atoms with Gasteiger partial charge in [0.2, 0.25) is 0 Å². The smallest absolute Gasteiger partial charge is 0.383 e. The van der Waals surface area contributed by atoms with E-state index in [2.05, 4.69) is 9.97 Å². The first-order valence-corrected chi connectivity index (χ1v) is 6.12. The van der Waals surface area contributed by atoms with Crippen molar-refractivity contribution in [3.05, 3.63) is 41.2 Å². The highest BCUT2D eigenvalue weighted by atomic mass is 19.4. The van der Waals surface area contributed by atoms with Crippen LogP contribution in [0.25, 0.3) is 11.3 Å². The Morgan fingerprint density at radius 3 is 2.45 bits per heavy atom. The van der Waals surface area contributed by atoms with Crippen LogP contribution in [-0.4, -0.2) is 9.97 Å². The van der Waals surface area contributed by atoms with Gasteiger partial charge >= 0.3 is 6.18 Å². The molecule has 0 aliphatic rings. The molecule has 0 saturated carbocycles. The zero-order valence-electron chi connectivity index (χ0n) is 11.1. The Morgan fingerprint density at radius 2 is 1.90 bits per heavy atom. The molecule has 20 heavy (non-hydrogen) atoms. The van der Waals surface area contributed by atoms with Crippen LogP contribution in [-0.2, 0) is 12.6 Å². The Kier molecular flexibility index (Phi) is 3.65. The quantitative estimate of drug-likeness (QED) is 0.914. The van der Waals surface area contributed by atoms with Crippen LogP contribution >= 0.6 is 0 Å². The Hall–Kier alpha value is -2.11. The lowest BCUT2D eigenvalue weighted by Gasteiger charge is -2.13. The van der Waals surface area contributed by atoms with Crippen molar-refractivity contribution in [3.63, 3.8) is 0 Å². The van der Waals surface area contributed by atoms with Crippen LogP contribution in [0.2, 0.25) is 0 Å². The molecule has 2 rings (SSSR count). The molecule has 0 radical (unpaired) electrons. The highest BCUT2D eigenvalue weighted by Gasteiger charge is 2.30. The Balaban J connectivity index is 2.58. The number of anilines is 1. The minimum Gasteiger partial charge on any atom is -0.383 e. The summed E-state index contributed by atoms with van der Waals surface area (Å²) in [5.41, 5.74) is 7.60. The van der Waals surface area contributed by atoms with E-state index in [0.29, 0.717) is 29.1 Å². The summed E-state index contributed by atoms with van der Waals surface area (Å²) in [6.45, 7) is 3.53. The minimum atomic E-state index is -4.35. The fraction of sp³-hybridized carbons (Fsp3) is 0.286. The number of nitrogens with two attached hydrogens (primary N) is 1. The number of hydrogen-bond acceptors (Lipinski definition) is 3. The van der Waals surface area contributed by atoms with Crippen LogP contribution in [0.5, 0.6) is 0 Å². The second kappa shape index (κ2) is 5.11. The van der Waals surface area contributed by atoms with Crippen LogP contribution < -0.4 is 5.73 Å². The van der Waals surface area contributed by atoms with Crippen molar-refractivity contribution in [2.45, 2.75) is 26.4 Å². The molecule has 0 spiro atoms. The number of halogens is 3. The third kappa shape index (κ3) is 2.59. The maximum Gasteiger partial charge on any atom is 0.416 e. The summed E-state index contributed by atoms with van der Waals surface area (Å²) in [7, 11) is 0. The Labute approximate surface area is 114 Å². The molecule has 6 heteroatoms. The van der Waals surface area contributed by atoms with E-state index in [1.807, 2.05) is 6.92 Å². The highest BCUT2D eigenvalue weighted by Crippen LogP contribution is 2.34. The standard InChI is InChI=1S/C14H14F3N3/c1-3-10-12(19-7-20-13(10)18)11-5-4-9(6-8(11)2)14(15,16)17/h4-7H,3H2,1-2H3,(H2,18,19,20). The molecule has 0 saturated heterocycles. The van der Waals surface area contributed by atoms with Gasteiger partial charge in [0.05, 0.1) is 11.3 Å². The first-order chi connectivity index (χ1) is 9.34. The third-order valence-electron chi connectivity index (χ3n) is 3.14. The van der Waals surface area contributed by atoms with Crippen molar-refractivity contribution < 1.29 is 13.2 Å². The average molecular weight is 281 g/mol. The number of rotatable bonds is 2. The zero-order chi connectivity index (χ0) is 14.9. The maximum absolute atomic E-state index is 12.7. The topological polar surface area (TPSA) is 51.8 Å². The van der Waals surface area contributed by atoms with E-state index in [1.54, 1.807) is 6.92 Å². The summed E-state index contributed by atoms with van der Waals surface area (Å²) in [6.07, 6.45) is -2.41. The van der Waals surface area contributed by atoms with Gasteiger partial charge in [0, 0.05) is 11.1 Å². The number of nitrogens with zero attached hydrogens (tertiary/aromatic N) is 2. The van der Waals surface area contributed by atoms with Gasteiger partial charge in [-0.2, -0.15) is 13.2 Å². The lowest BCUT2D eigenvalue weighted by Crippen LogP contribution is -2.06. The van der Waals surface area contributed by atoms with E-state index >= 15 is 0 Å². The average Bonchev–Trinajstić information content (AvgIpc) is 2.37. The number of alkyl halides is 3. The van der Waals surface area contributed by atoms with Gasteiger partial charge in [-0.05, 0) is 31.0 Å². The SMILES string of the molecule is CCc1c(N)ncnc1-c1ccc(C(F)(F)F)cc1C. The number of benzene rings is 1. The lowest BCUT2D eigenvalue weighted by atomic mass is 9.98. The number of aromatic nitrogens is 2. The molecule has 0 atom stereocenters. The summed E-state index contributed by atoms with van der Waals surface area (Å²) < 4.78 is 38.0. The molecule has 1 aromatic heterocycles. The largest absolute Gasteiger partial charge is 0.416 e. The van der Waals surface area contributed by atoms with Crippen LogP contribution in [0.15, 0.2) is 24.5 Å². The second-order valence-corrected chi connectivity index (χ2v) is 4.47. The summed E-state index contributed by atoms with van der Waals surface area (Å²) in [5, 5.41) is 0. The molecular formula is C14H14F3N3. The fourth-order valence-corrected chi connectivity index (χ4v) is 2.11. The van der Waals surface area contributed by atoms with Crippen molar-refractivity contribution in [2.75, 3.05) is 5.73 Å². The van der Waals surface area contributed by atoms with Gasteiger partial charge < -0.3 is 5.73 Å². The van der Waals surface area contributed by atoms with E-state index in [4.69, 9.17) is 5.73 Å². The fourth-order valence-electron chi connectivity index (χ4n) is 2.11. The molecule has 2 N–H and O–H groups in total. The molecule has 2 aromatic rings. The molecule has 0 bridgehead atoms. The van der Waals surface area contributed by atoms with Gasteiger partial charge in [-0.3, -0.25) is 0 Å². The molecule has 0 aliphatic carbocycles. The van der Waals surface area contributed by atoms with E-state index in [-0.39, 0.29) is 0 Å². The van der Waals surface area contributed by atoms with Crippen molar-refractivity contribution in [2.24, 2.45) is 0 Å². The van der Waals surface area contributed by atoms with Crippen molar-refractivity contribution in [3.8, 4) is 11.3 Å². The van der Waals surface area contributed by atoms with Gasteiger partial charge in [-0.1, -0.05) is 13.0 Å². The van der Waals surface area contributed by atoms with Gasteiger partial charge in [0.1, 0.15) is 12.1 Å². The first-order valence-electron chi connectivity index (χ1n) is 6.12. The summed E-state index contributed by atoms with van der Waals surface area (Å²) in [5.74, 6) is 0.358. The summed E-state index contributed by atoms with van der Waals surface area (Å²) >= 11 is 0. The van der Waals surface area contributed by atoms with Gasteiger partial charge in [-0.25, -0.2) is 9.97 Å². The van der Waals surface area contributed by atoms with Crippen molar-refractivity contribution in [1.82, 2.24) is 9.97 Å². The van der Waals surface area contributed by atoms with Crippen LogP contribution in [0, 0.1) is 6.92 Å². The predicted octanol–water partition coefficient (Wildman–Crippen LogP) is 3.62. The minimum absolute atomic E-state index is 0.358. The van der Waals surface area contributed by atoms with Gasteiger partial charge in [0.25, 0.3) is 0 Å². The Morgan fingerprint density at radius 1 is 1.20 bits per heavy atom. The van der Waals surface area contributed by atoms with Crippen LogP contribution in [0.3, 0.4) is 0 Å². The summed E-state index contributed by atoms with van der Waals surface area (Å²) in [6, 6.07) is 3.60. The van der Waals surface area contributed by atoms with Crippen LogP contribution in [0.4, 0.5) is 19.0 Å². The van der Waals surface area contributed by atoms with Gasteiger partial charge in [0.15, 0.2) is 0 Å². The Bertz CT molecular complexity index is 636. The van der Waals surface area contributed by atoms with Crippen molar-refractivity contribution >= 4 is 5.82 Å². The van der Waals surface area contributed by atoms with E-state index in [0.717, 1.165) is 17.7 Å². The molecule has 3 nitrogen and oxygen atoms in total. The number of hydrogen-bond donors (Lipinski definition) is 1. The highest BCUT2D eigenvalue weighted by molar-refractivity contribution is 5.70. The monoisotopic (exact) mass is 281 g/mol. The molecule has 0 unspecified atom stereocenters. The molecular weight excluding hydrogens is 267 g/mol. The van der Waals surface area contributed by atoms with Gasteiger partial charge in [-0.15, -0.1) is 0 Å². The molecule has 0 fully saturated rings. The summed E-state index contributed by atoms with van der Waals surface area (Å²) in [4.78, 5) is 8.07. The third-order valence-corrected chi connectivity index (χ3v) is 3.14. The zero-order valence-corrected chi connectivity index (χ0v) is 11.1. The van der Waals surface area contributed by atoms with Crippen molar-refractivity contribution in [1.29, 1.82) is 0 Å². The first kappa shape index (κ1) is 14.3. The molecule has 1 aromatic carbocycles. The second-order valence-electron chi connectivity index (χ2n) is 4.47. The lowest BCUT2D eigenvalue weighted by molar-refractivity contribution is -0.137. The van der Waals surface area contributed by atoms with E-state index < -0.39 is 11.7 Å². The number of aryl methyl sites for hydroxylation is 1.